The molecule has 0 radical (unpaired) electrons. The molecule has 8 rings (SSSR count). The van der Waals surface area contributed by atoms with Crippen LogP contribution in [0.15, 0.2) is 164 Å². The van der Waals surface area contributed by atoms with Crippen LogP contribution in [0.1, 0.15) is 0 Å². The largest absolute Gasteiger partial charge is 0.310 e. The summed E-state index contributed by atoms with van der Waals surface area (Å²) in [6.07, 6.45) is 0. The van der Waals surface area contributed by atoms with E-state index in [1.165, 1.54) is 53.2 Å². The highest BCUT2D eigenvalue weighted by molar-refractivity contribution is 7.25. The first-order valence-corrected chi connectivity index (χ1v) is 15.1. The molecule has 0 fully saturated rings. The number of hydrogen-bond acceptors (Lipinski definition) is 2. The lowest BCUT2D eigenvalue weighted by Crippen LogP contribution is -2.09. The summed E-state index contributed by atoms with van der Waals surface area (Å²) < 4.78 is 2.63. The van der Waals surface area contributed by atoms with Crippen LogP contribution in [0.4, 0.5) is 17.1 Å². The Morgan fingerprint density at radius 2 is 0.952 bits per heavy atom. The molecule has 1 aromatic heterocycles. The molecule has 0 bridgehead atoms. The van der Waals surface area contributed by atoms with E-state index < -0.39 is 0 Å². The molecular formula is C40H27NS. The molecular weight excluding hydrogens is 527 g/mol. The normalized spacial score (nSPS) is 11.3. The van der Waals surface area contributed by atoms with E-state index in [2.05, 4.69) is 169 Å². The molecule has 0 amide bonds. The minimum Gasteiger partial charge on any atom is -0.310 e. The van der Waals surface area contributed by atoms with Gasteiger partial charge in [0.1, 0.15) is 0 Å². The highest BCUT2D eigenvalue weighted by Crippen LogP contribution is 2.42. The maximum absolute atomic E-state index is 2.35. The standard InChI is InChI=1S/C40H27NS/c1-3-11-28(12-4-1)34-18-9-13-30-14-10-19-35(40(30)34)29-21-23-32(24-22-29)41(31-15-5-2-6-16-31)33-25-26-37-36-17-7-8-20-38(36)42-39(37)27-33/h1-27H. The summed E-state index contributed by atoms with van der Waals surface area (Å²) in [5, 5.41) is 5.17. The lowest BCUT2D eigenvalue weighted by molar-refractivity contribution is 1.29. The zero-order valence-electron chi connectivity index (χ0n) is 22.9. The summed E-state index contributed by atoms with van der Waals surface area (Å²) in [6, 6.07) is 59.1. The third-order valence-corrected chi connectivity index (χ3v) is 9.19. The Balaban J connectivity index is 1.25. The summed E-state index contributed by atoms with van der Waals surface area (Å²) in [5.74, 6) is 0. The van der Waals surface area contributed by atoms with E-state index in [4.69, 9.17) is 0 Å². The maximum atomic E-state index is 2.35. The van der Waals surface area contributed by atoms with Gasteiger partial charge in [0.2, 0.25) is 0 Å². The van der Waals surface area contributed by atoms with Crippen molar-refractivity contribution < 1.29 is 0 Å². The quantitative estimate of drug-likeness (QED) is 0.205. The first-order chi connectivity index (χ1) is 20.8. The first kappa shape index (κ1) is 24.6. The van der Waals surface area contributed by atoms with Crippen molar-refractivity contribution in [2.45, 2.75) is 0 Å². The van der Waals surface area contributed by atoms with Gasteiger partial charge in [-0.3, -0.25) is 0 Å². The van der Waals surface area contributed by atoms with Gasteiger partial charge < -0.3 is 4.90 Å². The van der Waals surface area contributed by atoms with Crippen LogP contribution < -0.4 is 4.90 Å². The summed E-state index contributed by atoms with van der Waals surface area (Å²) in [5.41, 5.74) is 8.38. The second-order valence-corrected chi connectivity index (χ2v) is 11.7. The van der Waals surface area contributed by atoms with Crippen molar-refractivity contribution in [1.82, 2.24) is 0 Å². The van der Waals surface area contributed by atoms with Crippen molar-refractivity contribution in [3.8, 4) is 22.3 Å². The summed E-state index contributed by atoms with van der Waals surface area (Å²) in [6.45, 7) is 0. The fourth-order valence-corrected chi connectivity index (χ4v) is 7.25. The lowest BCUT2D eigenvalue weighted by atomic mass is 9.91. The predicted molar refractivity (Wildman–Crippen MR) is 182 cm³/mol. The van der Waals surface area contributed by atoms with Crippen LogP contribution in [-0.2, 0) is 0 Å². The van der Waals surface area contributed by atoms with Crippen LogP contribution in [-0.4, -0.2) is 0 Å². The monoisotopic (exact) mass is 553 g/mol. The molecule has 0 spiro atoms. The number of fused-ring (bicyclic) bond motifs is 4. The van der Waals surface area contributed by atoms with E-state index in [0.29, 0.717) is 0 Å². The van der Waals surface area contributed by atoms with E-state index in [-0.39, 0.29) is 0 Å². The molecule has 0 unspecified atom stereocenters. The molecule has 1 heterocycles. The molecule has 0 N–H and O–H groups in total. The average Bonchev–Trinajstić information content (AvgIpc) is 3.44. The summed E-state index contributed by atoms with van der Waals surface area (Å²) in [4.78, 5) is 2.35. The fraction of sp³-hybridized carbons (Fsp3) is 0. The van der Waals surface area contributed by atoms with Gasteiger partial charge in [0.05, 0.1) is 0 Å². The average molecular weight is 554 g/mol. The first-order valence-electron chi connectivity index (χ1n) is 14.3. The Labute approximate surface area is 249 Å². The summed E-state index contributed by atoms with van der Waals surface area (Å²) >= 11 is 1.86. The van der Waals surface area contributed by atoms with Crippen LogP contribution in [0.25, 0.3) is 53.2 Å². The number of benzene rings is 7. The molecule has 0 aliphatic rings. The Morgan fingerprint density at radius 3 is 1.69 bits per heavy atom. The Hall–Kier alpha value is -5.18. The van der Waals surface area contributed by atoms with Crippen molar-refractivity contribution in [3.63, 3.8) is 0 Å². The van der Waals surface area contributed by atoms with Gasteiger partial charge in [-0.25, -0.2) is 0 Å². The van der Waals surface area contributed by atoms with Crippen LogP contribution in [0.2, 0.25) is 0 Å². The van der Waals surface area contributed by atoms with Crippen LogP contribution >= 0.6 is 11.3 Å². The van der Waals surface area contributed by atoms with Gasteiger partial charge in [-0.1, -0.05) is 121 Å². The van der Waals surface area contributed by atoms with Crippen molar-refractivity contribution in [3.05, 3.63) is 164 Å². The van der Waals surface area contributed by atoms with Crippen LogP contribution in [0, 0.1) is 0 Å². The van der Waals surface area contributed by atoms with E-state index >= 15 is 0 Å². The number of rotatable bonds is 5. The second kappa shape index (κ2) is 10.3. The lowest BCUT2D eigenvalue weighted by Gasteiger charge is -2.26. The molecule has 8 aromatic rings. The molecule has 0 aliphatic heterocycles. The van der Waals surface area contributed by atoms with Gasteiger partial charge in [-0.2, -0.15) is 0 Å². The van der Waals surface area contributed by atoms with Crippen LogP contribution in [0.5, 0.6) is 0 Å². The molecule has 2 heteroatoms. The Bertz CT molecular complexity index is 2170. The van der Waals surface area contributed by atoms with Gasteiger partial charge in [0.25, 0.3) is 0 Å². The molecule has 7 aromatic carbocycles. The molecule has 0 atom stereocenters. The SMILES string of the molecule is c1ccc(-c2cccc3cccc(-c4ccc(N(c5ccccc5)c5ccc6c(c5)sc5ccccc56)cc4)c23)cc1. The van der Waals surface area contributed by atoms with E-state index in [1.54, 1.807) is 0 Å². The van der Waals surface area contributed by atoms with Crippen molar-refractivity contribution in [1.29, 1.82) is 0 Å². The molecule has 42 heavy (non-hydrogen) atoms. The topological polar surface area (TPSA) is 3.24 Å². The molecule has 198 valence electrons. The minimum atomic E-state index is 1.13. The third kappa shape index (κ3) is 4.25. The highest BCUT2D eigenvalue weighted by atomic mass is 32.1. The minimum absolute atomic E-state index is 1.13. The zero-order valence-corrected chi connectivity index (χ0v) is 23.8. The maximum Gasteiger partial charge on any atom is 0.0476 e. The van der Waals surface area contributed by atoms with Crippen molar-refractivity contribution in [2.75, 3.05) is 4.90 Å². The molecule has 0 saturated carbocycles. The van der Waals surface area contributed by atoms with E-state index in [0.717, 1.165) is 17.1 Å². The van der Waals surface area contributed by atoms with Crippen LogP contribution in [0.3, 0.4) is 0 Å². The zero-order chi connectivity index (χ0) is 27.9. The van der Waals surface area contributed by atoms with Crippen molar-refractivity contribution >= 4 is 59.3 Å². The van der Waals surface area contributed by atoms with E-state index in [9.17, 15) is 0 Å². The number of anilines is 3. The number of hydrogen-bond donors (Lipinski definition) is 0. The smallest absolute Gasteiger partial charge is 0.0476 e. The molecule has 1 nitrogen and oxygen atoms in total. The number of para-hydroxylation sites is 1. The van der Waals surface area contributed by atoms with Crippen molar-refractivity contribution in [2.24, 2.45) is 0 Å². The molecule has 0 saturated heterocycles. The number of nitrogens with zero attached hydrogens (tertiary/aromatic N) is 1. The van der Waals surface area contributed by atoms with Gasteiger partial charge in [0.15, 0.2) is 0 Å². The van der Waals surface area contributed by atoms with E-state index in [1.807, 2.05) is 11.3 Å². The van der Waals surface area contributed by atoms with Gasteiger partial charge in [-0.15, -0.1) is 11.3 Å². The Kier molecular flexibility index (Phi) is 6.05. The second-order valence-electron chi connectivity index (χ2n) is 10.6. The summed E-state index contributed by atoms with van der Waals surface area (Å²) in [7, 11) is 0. The number of thiophene rings is 1. The fourth-order valence-electron chi connectivity index (χ4n) is 6.11. The van der Waals surface area contributed by atoms with Gasteiger partial charge >= 0.3 is 0 Å². The molecule has 0 aliphatic carbocycles. The highest BCUT2D eigenvalue weighted by Gasteiger charge is 2.16. The van der Waals surface area contributed by atoms with Gasteiger partial charge in [-0.05, 0) is 75.5 Å². The Morgan fingerprint density at radius 1 is 0.381 bits per heavy atom. The third-order valence-electron chi connectivity index (χ3n) is 8.06. The predicted octanol–water partition coefficient (Wildman–Crippen LogP) is 12.0. The van der Waals surface area contributed by atoms with Gasteiger partial charge in [0, 0.05) is 37.2 Å².